The lowest BCUT2D eigenvalue weighted by Crippen LogP contribution is -2.45. The zero-order valence-corrected chi connectivity index (χ0v) is 12.0. The first-order valence-corrected chi connectivity index (χ1v) is 7.31. The van der Waals surface area contributed by atoms with Crippen molar-refractivity contribution in [2.75, 3.05) is 6.54 Å². The number of amides is 1. The predicted octanol–water partition coefficient (Wildman–Crippen LogP) is 2.76. The summed E-state index contributed by atoms with van der Waals surface area (Å²) in [4.78, 5) is 11.8. The van der Waals surface area contributed by atoms with E-state index in [9.17, 15) is 9.90 Å². The lowest BCUT2D eigenvalue weighted by Gasteiger charge is -2.35. The van der Waals surface area contributed by atoms with Gasteiger partial charge < -0.3 is 10.4 Å². The second kappa shape index (κ2) is 6.71. The highest BCUT2D eigenvalue weighted by molar-refractivity contribution is 5.91. The number of hydrogen-bond donors (Lipinski definition) is 2. The van der Waals surface area contributed by atoms with Gasteiger partial charge in [-0.15, -0.1) is 0 Å². The zero-order chi connectivity index (χ0) is 14.4. The lowest BCUT2D eigenvalue weighted by atomic mass is 9.79. The summed E-state index contributed by atoms with van der Waals surface area (Å²) < 4.78 is 0. The Bertz CT molecular complexity index is 469. The SMILES string of the molecule is CC1CCCC(O)(CNC(=O)C=Cc2ccccc2)C1. The van der Waals surface area contributed by atoms with E-state index >= 15 is 0 Å². The van der Waals surface area contributed by atoms with Gasteiger partial charge >= 0.3 is 0 Å². The summed E-state index contributed by atoms with van der Waals surface area (Å²) in [5.74, 6) is 0.381. The van der Waals surface area contributed by atoms with Crippen molar-refractivity contribution in [2.24, 2.45) is 5.92 Å². The molecule has 1 aromatic rings. The smallest absolute Gasteiger partial charge is 0.244 e. The third-order valence-corrected chi connectivity index (χ3v) is 3.89. The van der Waals surface area contributed by atoms with Crippen molar-refractivity contribution < 1.29 is 9.90 Å². The van der Waals surface area contributed by atoms with Crippen LogP contribution in [0.5, 0.6) is 0 Å². The number of nitrogens with one attached hydrogen (secondary N) is 1. The molecule has 1 saturated carbocycles. The molecule has 3 nitrogen and oxygen atoms in total. The summed E-state index contributed by atoms with van der Waals surface area (Å²) >= 11 is 0. The molecule has 2 atom stereocenters. The molecule has 1 fully saturated rings. The normalized spacial score (nSPS) is 26.6. The number of benzene rings is 1. The van der Waals surface area contributed by atoms with Gasteiger partial charge in [-0.1, -0.05) is 50.1 Å². The van der Waals surface area contributed by atoms with Gasteiger partial charge in [0, 0.05) is 12.6 Å². The maximum absolute atomic E-state index is 11.8. The Hall–Kier alpha value is -1.61. The number of rotatable bonds is 4. The van der Waals surface area contributed by atoms with Gasteiger partial charge in [0.25, 0.3) is 0 Å². The van der Waals surface area contributed by atoms with E-state index < -0.39 is 5.60 Å². The Morgan fingerprint density at radius 1 is 1.45 bits per heavy atom. The zero-order valence-electron chi connectivity index (χ0n) is 12.0. The van der Waals surface area contributed by atoms with E-state index in [0.717, 1.165) is 24.8 Å². The first-order chi connectivity index (χ1) is 9.57. The molecule has 0 saturated heterocycles. The fourth-order valence-corrected chi connectivity index (χ4v) is 2.84. The highest BCUT2D eigenvalue weighted by Gasteiger charge is 2.32. The fraction of sp³-hybridized carbons (Fsp3) is 0.471. The molecule has 0 bridgehead atoms. The molecule has 2 N–H and O–H groups in total. The van der Waals surface area contributed by atoms with Gasteiger partial charge in [0.15, 0.2) is 0 Å². The van der Waals surface area contributed by atoms with Crippen molar-refractivity contribution in [2.45, 2.75) is 38.2 Å². The van der Waals surface area contributed by atoms with Gasteiger partial charge in [-0.05, 0) is 30.4 Å². The van der Waals surface area contributed by atoms with Gasteiger partial charge in [-0.3, -0.25) is 4.79 Å². The van der Waals surface area contributed by atoms with Crippen molar-refractivity contribution in [3.8, 4) is 0 Å². The molecule has 1 aliphatic rings. The minimum absolute atomic E-state index is 0.152. The van der Waals surface area contributed by atoms with E-state index in [1.54, 1.807) is 6.08 Å². The Labute approximate surface area is 120 Å². The highest BCUT2D eigenvalue weighted by atomic mass is 16.3. The summed E-state index contributed by atoms with van der Waals surface area (Å²) in [5, 5.41) is 13.2. The third kappa shape index (κ3) is 4.49. The molecule has 0 radical (unpaired) electrons. The van der Waals surface area contributed by atoms with Crippen LogP contribution in [-0.4, -0.2) is 23.2 Å². The number of carbonyl (C=O) groups excluding carboxylic acids is 1. The van der Waals surface area contributed by atoms with Crippen molar-refractivity contribution in [3.05, 3.63) is 42.0 Å². The third-order valence-electron chi connectivity index (χ3n) is 3.89. The Kier molecular flexibility index (Phi) is 4.96. The van der Waals surface area contributed by atoms with Crippen LogP contribution in [0.2, 0.25) is 0 Å². The van der Waals surface area contributed by atoms with Crippen molar-refractivity contribution in [1.82, 2.24) is 5.32 Å². The van der Waals surface area contributed by atoms with Gasteiger partial charge in [-0.25, -0.2) is 0 Å². The quantitative estimate of drug-likeness (QED) is 0.829. The van der Waals surface area contributed by atoms with Crippen LogP contribution in [0.1, 0.15) is 38.2 Å². The van der Waals surface area contributed by atoms with Crippen LogP contribution in [-0.2, 0) is 4.79 Å². The summed E-state index contributed by atoms with van der Waals surface area (Å²) in [6, 6.07) is 9.70. The number of aliphatic hydroxyl groups is 1. The second-order valence-corrected chi connectivity index (χ2v) is 5.89. The molecule has 0 aromatic heterocycles. The van der Waals surface area contributed by atoms with Crippen molar-refractivity contribution in [1.29, 1.82) is 0 Å². The largest absolute Gasteiger partial charge is 0.388 e. The molecule has 20 heavy (non-hydrogen) atoms. The van der Waals surface area contributed by atoms with Gasteiger partial charge in [-0.2, -0.15) is 0 Å². The Morgan fingerprint density at radius 3 is 2.90 bits per heavy atom. The monoisotopic (exact) mass is 273 g/mol. The standard InChI is InChI=1S/C17H23NO2/c1-14-6-5-11-17(20,12-14)13-18-16(19)10-9-15-7-3-2-4-8-15/h2-4,7-10,14,20H,5-6,11-13H2,1H3,(H,18,19). The molecule has 0 spiro atoms. The fourth-order valence-electron chi connectivity index (χ4n) is 2.84. The number of hydrogen-bond acceptors (Lipinski definition) is 2. The minimum Gasteiger partial charge on any atom is -0.388 e. The minimum atomic E-state index is -0.728. The van der Waals surface area contributed by atoms with Crippen LogP contribution in [0.25, 0.3) is 6.08 Å². The molecule has 0 heterocycles. The molecule has 3 heteroatoms. The summed E-state index contributed by atoms with van der Waals surface area (Å²) in [7, 11) is 0. The molecule has 1 aliphatic carbocycles. The van der Waals surface area contributed by atoms with E-state index in [1.165, 1.54) is 12.5 Å². The predicted molar refractivity (Wildman–Crippen MR) is 81.1 cm³/mol. The summed E-state index contributed by atoms with van der Waals surface area (Å²) in [5.41, 5.74) is 0.265. The molecule has 2 unspecified atom stereocenters. The number of carbonyl (C=O) groups is 1. The van der Waals surface area contributed by atoms with E-state index in [0.29, 0.717) is 12.5 Å². The van der Waals surface area contributed by atoms with Crippen LogP contribution in [0, 0.1) is 5.92 Å². The van der Waals surface area contributed by atoms with Gasteiger partial charge in [0.1, 0.15) is 0 Å². The topological polar surface area (TPSA) is 49.3 Å². The lowest BCUT2D eigenvalue weighted by molar-refractivity contribution is -0.118. The van der Waals surface area contributed by atoms with E-state index in [2.05, 4.69) is 12.2 Å². The first-order valence-electron chi connectivity index (χ1n) is 7.31. The second-order valence-electron chi connectivity index (χ2n) is 5.89. The molecular formula is C17H23NO2. The van der Waals surface area contributed by atoms with Crippen molar-refractivity contribution >= 4 is 12.0 Å². The first kappa shape index (κ1) is 14.8. The van der Waals surface area contributed by atoms with Crippen LogP contribution in [0.3, 0.4) is 0 Å². The molecular weight excluding hydrogens is 250 g/mol. The van der Waals surface area contributed by atoms with Gasteiger partial charge in [0.05, 0.1) is 5.60 Å². The van der Waals surface area contributed by atoms with E-state index in [-0.39, 0.29) is 5.91 Å². The molecule has 1 amide bonds. The van der Waals surface area contributed by atoms with Crippen LogP contribution in [0.4, 0.5) is 0 Å². The van der Waals surface area contributed by atoms with E-state index in [4.69, 9.17) is 0 Å². The highest BCUT2D eigenvalue weighted by Crippen LogP contribution is 2.31. The molecule has 1 aromatic carbocycles. The van der Waals surface area contributed by atoms with Crippen molar-refractivity contribution in [3.63, 3.8) is 0 Å². The summed E-state index contributed by atoms with van der Waals surface area (Å²) in [6.45, 7) is 2.50. The average Bonchev–Trinajstić information content (AvgIpc) is 2.44. The molecule has 0 aliphatic heterocycles. The molecule has 108 valence electrons. The van der Waals surface area contributed by atoms with Gasteiger partial charge in [0.2, 0.25) is 5.91 Å². The van der Waals surface area contributed by atoms with Crippen LogP contribution < -0.4 is 5.32 Å². The molecule has 2 rings (SSSR count). The Morgan fingerprint density at radius 2 is 2.20 bits per heavy atom. The van der Waals surface area contributed by atoms with Crippen LogP contribution in [0.15, 0.2) is 36.4 Å². The maximum Gasteiger partial charge on any atom is 0.244 e. The van der Waals surface area contributed by atoms with Crippen LogP contribution >= 0.6 is 0 Å². The van der Waals surface area contributed by atoms with E-state index in [1.807, 2.05) is 30.3 Å². The maximum atomic E-state index is 11.8. The summed E-state index contributed by atoms with van der Waals surface area (Å²) in [6.07, 6.45) is 7.06. The Balaban J connectivity index is 1.82. The average molecular weight is 273 g/mol.